The molecular formula is C22H21Br2NO3. The van der Waals surface area contributed by atoms with Crippen LogP contribution in [0.1, 0.15) is 31.9 Å². The molecule has 0 fully saturated rings. The predicted octanol–water partition coefficient (Wildman–Crippen LogP) is 6.88. The molecule has 0 unspecified atom stereocenters. The van der Waals surface area contributed by atoms with Crippen LogP contribution in [0.4, 0.5) is 0 Å². The first kappa shape index (κ1) is 22.2. The van der Waals surface area contributed by atoms with E-state index < -0.39 is 12.1 Å². The van der Waals surface area contributed by atoms with Crippen LogP contribution in [0, 0.1) is 23.2 Å². The average molecular weight is 507 g/mol. The Kier molecular flexibility index (Phi) is 8.75. The Hall–Kier alpha value is -2.10. The van der Waals surface area contributed by atoms with Crippen molar-refractivity contribution < 1.29 is 14.3 Å². The highest BCUT2D eigenvalue weighted by Gasteiger charge is 2.27. The number of carbonyl (C=O) groups excluding carboxylic acids is 1. The van der Waals surface area contributed by atoms with E-state index in [1.165, 1.54) is 0 Å². The van der Waals surface area contributed by atoms with Crippen molar-refractivity contribution in [1.29, 1.82) is 5.26 Å². The number of esters is 1. The number of rotatable bonds is 8. The van der Waals surface area contributed by atoms with Crippen molar-refractivity contribution in [2.24, 2.45) is 11.8 Å². The van der Waals surface area contributed by atoms with Crippen molar-refractivity contribution in [3.63, 3.8) is 0 Å². The van der Waals surface area contributed by atoms with Crippen LogP contribution in [0.25, 0.3) is 0 Å². The Morgan fingerprint density at radius 2 is 1.82 bits per heavy atom. The zero-order chi connectivity index (χ0) is 20.5. The van der Waals surface area contributed by atoms with Gasteiger partial charge >= 0.3 is 5.97 Å². The van der Waals surface area contributed by atoms with Crippen LogP contribution in [0.5, 0.6) is 11.5 Å². The summed E-state index contributed by atoms with van der Waals surface area (Å²) in [6, 6.07) is 18.5. The van der Waals surface area contributed by atoms with Crippen molar-refractivity contribution in [3.8, 4) is 17.6 Å². The molecule has 28 heavy (non-hydrogen) atoms. The summed E-state index contributed by atoms with van der Waals surface area (Å²) in [4.78, 5) is 12.7. The van der Waals surface area contributed by atoms with E-state index in [2.05, 4.69) is 37.9 Å². The molecule has 0 amide bonds. The second-order valence-electron chi connectivity index (χ2n) is 6.26. The smallest absolute Gasteiger partial charge is 0.311 e. The third-order valence-corrected chi connectivity index (χ3v) is 4.79. The van der Waals surface area contributed by atoms with Crippen LogP contribution < -0.4 is 4.74 Å². The van der Waals surface area contributed by atoms with Gasteiger partial charge in [0.2, 0.25) is 6.10 Å². The largest absolute Gasteiger partial charge is 0.457 e. The summed E-state index contributed by atoms with van der Waals surface area (Å²) in [6.07, 6.45) is 1.51. The van der Waals surface area contributed by atoms with Gasteiger partial charge < -0.3 is 9.47 Å². The molecule has 4 nitrogen and oxygen atoms in total. The number of hydrogen-bond acceptors (Lipinski definition) is 4. The number of nitriles is 1. The van der Waals surface area contributed by atoms with Crippen LogP contribution >= 0.6 is 31.9 Å². The summed E-state index contributed by atoms with van der Waals surface area (Å²) in [5.41, 5.74) is 0.573. The molecule has 3 atom stereocenters. The molecule has 0 aromatic heterocycles. The first-order valence-electron chi connectivity index (χ1n) is 8.90. The summed E-state index contributed by atoms with van der Waals surface area (Å²) in [7, 11) is 0. The summed E-state index contributed by atoms with van der Waals surface area (Å²) >= 11 is 6.63. The normalized spacial score (nSPS) is 13.5. The maximum atomic E-state index is 12.7. The number of para-hydroxylation sites is 1. The molecule has 6 heteroatoms. The Balaban J connectivity index is 2.14. The van der Waals surface area contributed by atoms with Gasteiger partial charge in [0.1, 0.15) is 17.6 Å². The molecule has 0 radical (unpaired) electrons. The van der Waals surface area contributed by atoms with Gasteiger partial charge in [-0.05, 0) is 68.5 Å². The van der Waals surface area contributed by atoms with Gasteiger partial charge in [-0.25, -0.2) is 0 Å². The van der Waals surface area contributed by atoms with E-state index in [1.54, 1.807) is 24.3 Å². The second kappa shape index (κ2) is 11.0. The molecule has 0 aliphatic carbocycles. The summed E-state index contributed by atoms with van der Waals surface area (Å²) in [6.45, 7) is 3.86. The molecule has 2 aromatic carbocycles. The van der Waals surface area contributed by atoms with E-state index in [4.69, 9.17) is 9.47 Å². The highest BCUT2D eigenvalue weighted by molar-refractivity contribution is 9.28. The number of hydrogen-bond donors (Lipinski definition) is 0. The van der Waals surface area contributed by atoms with Crippen molar-refractivity contribution in [1.82, 2.24) is 0 Å². The highest BCUT2D eigenvalue weighted by Crippen LogP contribution is 2.29. The zero-order valence-electron chi connectivity index (χ0n) is 15.6. The van der Waals surface area contributed by atoms with Crippen LogP contribution in [0.3, 0.4) is 0 Å². The van der Waals surface area contributed by atoms with Crippen molar-refractivity contribution in [3.05, 3.63) is 69.6 Å². The lowest BCUT2D eigenvalue weighted by Gasteiger charge is -2.21. The average Bonchev–Trinajstić information content (AvgIpc) is 2.67. The van der Waals surface area contributed by atoms with E-state index in [0.717, 1.165) is 3.39 Å². The fourth-order valence-electron chi connectivity index (χ4n) is 2.81. The van der Waals surface area contributed by atoms with Crippen LogP contribution in [0.15, 0.2) is 64.1 Å². The number of ether oxygens (including phenoxy) is 2. The Morgan fingerprint density at radius 3 is 2.43 bits per heavy atom. The lowest BCUT2D eigenvalue weighted by Crippen LogP contribution is -2.24. The van der Waals surface area contributed by atoms with Crippen molar-refractivity contribution >= 4 is 37.8 Å². The third-order valence-electron chi connectivity index (χ3n) is 4.26. The molecule has 0 spiro atoms. The van der Waals surface area contributed by atoms with E-state index in [9.17, 15) is 10.1 Å². The summed E-state index contributed by atoms with van der Waals surface area (Å²) in [5.74, 6) is 0.486. The third kappa shape index (κ3) is 6.50. The quantitative estimate of drug-likeness (QED) is 0.366. The van der Waals surface area contributed by atoms with Gasteiger partial charge in [-0.1, -0.05) is 50.3 Å². The predicted molar refractivity (Wildman–Crippen MR) is 116 cm³/mol. The van der Waals surface area contributed by atoms with Gasteiger partial charge in [0, 0.05) is 5.56 Å². The summed E-state index contributed by atoms with van der Waals surface area (Å²) < 4.78 is 12.1. The molecule has 0 aliphatic heterocycles. The highest BCUT2D eigenvalue weighted by atomic mass is 79.9. The fourth-order valence-corrected chi connectivity index (χ4v) is 3.64. The minimum atomic E-state index is -0.996. The van der Waals surface area contributed by atoms with Gasteiger partial charge in [-0.15, -0.1) is 0 Å². The second-order valence-corrected chi connectivity index (χ2v) is 9.04. The van der Waals surface area contributed by atoms with E-state index in [-0.39, 0.29) is 11.8 Å². The Bertz CT molecular complexity index is 858. The van der Waals surface area contributed by atoms with Gasteiger partial charge in [0.05, 0.1) is 9.31 Å². The van der Waals surface area contributed by atoms with E-state index in [0.29, 0.717) is 23.5 Å². The molecular weight excluding hydrogens is 486 g/mol. The molecule has 0 saturated carbocycles. The first-order valence-corrected chi connectivity index (χ1v) is 10.5. The van der Waals surface area contributed by atoms with Crippen LogP contribution in [-0.4, -0.2) is 5.97 Å². The van der Waals surface area contributed by atoms with Crippen LogP contribution in [0.2, 0.25) is 0 Å². The van der Waals surface area contributed by atoms with E-state index >= 15 is 0 Å². The zero-order valence-corrected chi connectivity index (χ0v) is 18.8. The number of benzene rings is 2. The summed E-state index contributed by atoms with van der Waals surface area (Å²) in [5, 5.41) is 9.55. The molecule has 0 aliphatic rings. The maximum Gasteiger partial charge on any atom is 0.311 e. The number of halogens is 2. The van der Waals surface area contributed by atoms with Crippen LogP contribution in [-0.2, 0) is 9.53 Å². The Labute approximate surface area is 182 Å². The van der Waals surface area contributed by atoms with Gasteiger partial charge in [-0.2, -0.15) is 5.26 Å². The monoisotopic (exact) mass is 505 g/mol. The first-order chi connectivity index (χ1) is 13.4. The minimum absolute atomic E-state index is 0.0432. The van der Waals surface area contributed by atoms with Crippen molar-refractivity contribution in [2.45, 2.75) is 26.4 Å². The van der Waals surface area contributed by atoms with E-state index in [1.807, 2.05) is 50.3 Å². The maximum absolute atomic E-state index is 12.7. The number of allylic oxidation sites excluding steroid dienone is 1. The Morgan fingerprint density at radius 1 is 1.14 bits per heavy atom. The fraction of sp³-hybridized carbons (Fsp3) is 0.273. The SMILES string of the molecule is CC[C@H](C(=O)O[C@H](C#N)c1cccc(Oc2ccccc2)c1)[C@@H](C)C=C(Br)Br. The molecule has 0 saturated heterocycles. The lowest BCUT2D eigenvalue weighted by atomic mass is 9.92. The lowest BCUT2D eigenvalue weighted by molar-refractivity contribution is -0.153. The topological polar surface area (TPSA) is 59.3 Å². The molecule has 2 rings (SSSR count). The molecule has 0 N–H and O–H groups in total. The van der Waals surface area contributed by atoms with Gasteiger partial charge in [0.25, 0.3) is 0 Å². The molecule has 0 heterocycles. The van der Waals surface area contributed by atoms with Gasteiger partial charge in [-0.3, -0.25) is 4.79 Å². The number of carbonyl (C=O) groups is 1. The standard InChI is InChI=1S/C22H21Br2NO3/c1-3-19(15(2)12-21(23)24)22(26)28-20(14-25)16-8-7-11-18(13-16)27-17-9-5-4-6-10-17/h4-13,15,19-20H,3H2,1-2H3/t15-,19-,20+/m0/s1. The molecule has 2 aromatic rings. The van der Waals surface area contributed by atoms with Crippen molar-refractivity contribution in [2.75, 3.05) is 0 Å². The van der Waals surface area contributed by atoms with Gasteiger partial charge in [0.15, 0.2) is 0 Å². The molecule has 0 bridgehead atoms. The minimum Gasteiger partial charge on any atom is -0.457 e. The molecule has 146 valence electrons. The number of nitrogens with zero attached hydrogens (tertiary/aromatic N) is 1.